The van der Waals surface area contributed by atoms with Gasteiger partial charge in [0.15, 0.2) is 5.65 Å². The number of carbonyl (C=O) groups excluding carboxylic acids is 1. The van der Waals surface area contributed by atoms with E-state index < -0.39 is 0 Å². The lowest BCUT2D eigenvalue weighted by molar-refractivity contribution is -0.133. The molecule has 2 aliphatic rings. The molecule has 2 aliphatic heterocycles. The number of fused-ring (bicyclic) bond motifs is 2. The molecule has 216 valence electrons. The van der Waals surface area contributed by atoms with Crippen molar-refractivity contribution in [2.45, 2.75) is 31.5 Å². The first kappa shape index (κ1) is 26.7. The summed E-state index contributed by atoms with van der Waals surface area (Å²) < 4.78 is 3.71. The van der Waals surface area contributed by atoms with Gasteiger partial charge < -0.3 is 19.3 Å². The monoisotopic (exact) mass is 585 g/mol. The Balaban J connectivity index is 1.16. The first-order chi connectivity index (χ1) is 20.4. The summed E-state index contributed by atoms with van der Waals surface area (Å²) in [7, 11) is 4.18. The van der Waals surface area contributed by atoms with Gasteiger partial charge in [0.2, 0.25) is 5.91 Å². The number of aromatic amines is 1. The summed E-state index contributed by atoms with van der Waals surface area (Å²) in [5.74, 6) is 0.875. The molecule has 1 amide bonds. The molecule has 7 rings (SSSR count). The highest BCUT2D eigenvalue weighted by atomic mass is 35.5. The molecule has 0 aliphatic carbocycles. The molecule has 42 heavy (non-hydrogen) atoms. The molecule has 5 aromatic rings. The summed E-state index contributed by atoms with van der Waals surface area (Å²) in [6.45, 7) is 3.03. The minimum atomic E-state index is -0.158. The zero-order valence-electron chi connectivity index (χ0n) is 23.6. The number of H-pyrrole nitrogens is 1. The Morgan fingerprint density at radius 2 is 1.83 bits per heavy atom. The van der Waals surface area contributed by atoms with E-state index in [1.54, 1.807) is 17.1 Å². The summed E-state index contributed by atoms with van der Waals surface area (Å²) >= 11 is 6.67. The van der Waals surface area contributed by atoms with Crippen LogP contribution in [0.4, 0.5) is 5.82 Å². The third kappa shape index (κ3) is 4.53. The Morgan fingerprint density at radius 3 is 2.60 bits per heavy atom. The molecule has 2 fully saturated rings. The van der Waals surface area contributed by atoms with Crippen LogP contribution in [0.15, 0.2) is 59.9 Å². The van der Waals surface area contributed by atoms with E-state index >= 15 is 0 Å². The molecule has 0 saturated carbocycles. The van der Waals surface area contributed by atoms with Crippen LogP contribution in [0.1, 0.15) is 18.9 Å². The predicted octanol–water partition coefficient (Wildman–Crippen LogP) is 3.40. The van der Waals surface area contributed by atoms with Crippen LogP contribution in [0, 0.1) is 0 Å². The standard InChI is InChI=1S/C30H32ClN9O2/c1-36(2)20-14-38(15-20)28-26-22(21-6-3-4-7-23(21)31)16-39(29(26)34-18-33-28)17-25(41)37-12-9-19(10-13-37)40-24-8-5-11-32-27(24)35-30(40)42/h3-8,11,16,18-20H,9-10,12-15,17H2,1-2H3,(H,32,35,42). The van der Waals surface area contributed by atoms with Crippen molar-refractivity contribution >= 4 is 45.5 Å². The number of nitrogens with one attached hydrogen (secondary N) is 1. The van der Waals surface area contributed by atoms with E-state index in [-0.39, 0.29) is 24.2 Å². The first-order valence-electron chi connectivity index (χ1n) is 14.2. The number of hydrogen-bond acceptors (Lipinski definition) is 7. The molecule has 1 N–H and O–H groups in total. The number of benzene rings is 1. The number of pyridine rings is 1. The van der Waals surface area contributed by atoms with Crippen LogP contribution in [0.3, 0.4) is 0 Å². The summed E-state index contributed by atoms with van der Waals surface area (Å²) in [6, 6.07) is 11.9. The summed E-state index contributed by atoms with van der Waals surface area (Å²) in [4.78, 5) is 49.1. The molecule has 11 nitrogen and oxygen atoms in total. The average Bonchev–Trinajstić information content (AvgIpc) is 3.49. The fourth-order valence-corrected chi connectivity index (χ4v) is 6.48. The van der Waals surface area contributed by atoms with Crippen molar-refractivity contribution < 1.29 is 4.79 Å². The van der Waals surface area contributed by atoms with E-state index in [1.165, 1.54) is 0 Å². The Hall–Kier alpha value is -4.22. The summed E-state index contributed by atoms with van der Waals surface area (Å²) in [5, 5.41) is 1.54. The Kier molecular flexibility index (Phi) is 6.70. The van der Waals surface area contributed by atoms with E-state index in [0.717, 1.165) is 40.9 Å². The topological polar surface area (TPSA) is 108 Å². The van der Waals surface area contributed by atoms with Crippen LogP contribution in [-0.4, -0.2) is 91.1 Å². The largest absolute Gasteiger partial charge is 0.353 e. The van der Waals surface area contributed by atoms with Crippen molar-refractivity contribution in [1.82, 2.24) is 38.9 Å². The Bertz CT molecular complexity index is 1840. The number of piperidine rings is 1. The minimum Gasteiger partial charge on any atom is -0.353 e. The molecule has 4 aromatic heterocycles. The quantitative estimate of drug-likeness (QED) is 0.325. The van der Waals surface area contributed by atoms with Crippen LogP contribution < -0.4 is 10.6 Å². The fraction of sp³-hybridized carbons (Fsp3) is 0.367. The maximum absolute atomic E-state index is 13.6. The van der Waals surface area contributed by atoms with Crippen molar-refractivity contribution in [1.29, 1.82) is 0 Å². The van der Waals surface area contributed by atoms with Gasteiger partial charge in [-0.05, 0) is 45.1 Å². The van der Waals surface area contributed by atoms with Crippen LogP contribution in [0.5, 0.6) is 0 Å². The number of amides is 1. The maximum Gasteiger partial charge on any atom is 0.327 e. The molecule has 6 heterocycles. The molecular formula is C30H32ClN9O2. The zero-order chi connectivity index (χ0) is 29.0. The van der Waals surface area contributed by atoms with E-state index in [4.69, 9.17) is 16.6 Å². The van der Waals surface area contributed by atoms with Crippen molar-refractivity contribution in [2.24, 2.45) is 0 Å². The van der Waals surface area contributed by atoms with Crippen molar-refractivity contribution in [2.75, 3.05) is 45.2 Å². The summed E-state index contributed by atoms with van der Waals surface area (Å²) in [5.41, 5.74) is 3.74. The van der Waals surface area contributed by atoms with Gasteiger partial charge in [-0.1, -0.05) is 29.8 Å². The van der Waals surface area contributed by atoms with Crippen molar-refractivity contribution in [3.05, 3.63) is 70.6 Å². The predicted molar refractivity (Wildman–Crippen MR) is 163 cm³/mol. The normalized spacial score (nSPS) is 16.6. The molecule has 0 bridgehead atoms. The van der Waals surface area contributed by atoms with Gasteiger partial charge in [0.05, 0.1) is 10.9 Å². The molecule has 0 atom stereocenters. The zero-order valence-corrected chi connectivity index (χ0v) is 24.3. The number of imidazole rings is 1. The van der Waals surface area contributed by atoms with Gasteiger partial charge in [0.1, 0.15) is 24.3 Å². The number of likely N-dealkylation sites (tertiary alicyclic amines) is 1. The number of nitrogens with zero attached hydrogens (tertiary/aromatic N) is 8. The van der Waals surface area contributed by atoms with Gasteiger partial charge in [0.25, 0.3) is 0 Å². The van der Waals surface area contributed by atoms with Gasteiger partial charge in [-0.2, -0.15) is 0 Å². The van der Waals surface area contributed by atoms with E-state index in [1.807, 2.05) is 52.1 Å². The van der Waals surface area contributed by atoms with Gasteiger partial charge in [-0.25, -0.2) is 19.7 Å². The third-order valence-electron chi connectivity index (χ3n) is 8.67. The van der Waals surface area contributed by atoms with Crippen LogP contribution in [-0.2, 0) is 11.3 Å². The lowest BCUT2D eigenvalue weighted by Gasteiger charge is -2.43. The molecule has 0 unspecified atom stereocenters. The third-order valence-corrected chi connectivity index (χ3v) is 9.00. The number of carbonyl (C=O) groups is 1. The highest BCUT2D eigenvalue weighted by molar-refractivity contribution is 6.33. The second-order valence-corrected chi connectivity index (χ2v) is 11.8. The second kappa shape index (κ2) is 10.6. The highest BCUT2D eigenvalue weighted by Crippen LogP contribution is 2.39. The van der Waals surface area contributed by atoms with Gasteiger partial charge >= 0.3 is 5.69 Å². The number of aromatic nitrogens is 6. The Morgan fingerprint density at radius 1 is 1.05 bits per heavy atom. The van der Waals surface area contributed by atoms with Crippen LogP contribution >= 0.6 is 11.6 Å². The number of rotatable bonds is 6. The minimum absolute atomic E-state index is 0.0107. The van der Waals surface area contributed by atoms with Gasteiger partial charge in [-0.15, -0.1) is 0 Å². The molecule has 1 aromatic carbocycles. The smallest absolute Gasteiger partial charge is 0.327 e. The van der Waals surface area contributed by atoms with Crippen LogP contribution in [0.25, 0.3) is 33.3 Å². The highest BCUT2D eigenvalue weighted by Gasteiger charge is 2.33. The van der Waals surface area contributed by atoms with E-state index in [2.05, 4.69) is 38.8 Å². The molecule has 0 radical (unpaired) electrons. The lowest BCUT2D eigenvalue weighted by atomic mass is 10.0. The maximum atomic E-state index is 13.6. The molecule has 2 saturated heterocycles. The number of likely N-dealkylation sites (N-methyl/N-ethyl adjacent to an activating group) is 1. The van der Waals surface area contributed by atoms with E-state index in [0.29, 0.717) is 48.3 Å². The number of halogens is 1. The summed E-state index contributed by atoms with van der Waals surface area (Å²) in [6.07, 6.45) is 6.62. The number of hydrogen-bond donors (Lipinski definition) is 1. The van der Waals surface area contributed by atoms with Crippen LogP contribution in [0.2, 0.25) is 5.02 Å². The number of anilines is 1. The SMILES string of the molecule is CN(C)C1CN(c2ncnc3c2c(-c2ccccc2Cl)cn3CC(=O)N2CCC(n3c(=O)[nH]c4ncccc43)CC2)C1. The molecular weight excluding hydrogens is 554 g/mol. The van der Waals surface area contributed by atoms with Crippen molar-refractivity contribution in [3.63, 3.8) is 0 Å². The molecule has 12 heteroatoms. The lowest BCUT2D eigenvalue weighted by Crippen LogP contribution is -2.57. The Labute approximate surface area is 247 Å². The fourth-order valence-electron chi connectivity index (χ4n) is 6.25. The second-order valence-electron chi connectivity index (χ2n) is 11.4. The van der Waals surface area contributed by atoms with Gasteiger partial charge in [0, 0.05) is 66.8 Å². The van der Waals surface area contributed by atoms with Crippen molar-refractivity contribution in [3.8, 4) is 11.1 Å². The van der Waals surface area contributed by atoms with Gasteiger partial charge in [-0.3, -0.25) is 14.3 Å². The molecule has 0 spiro atoms. The van der Waals surface area contributed by atoms with E-state index in [9.17, 15) is 9.59 Å². The first-order valence-corrected chi connectivity index (χ1v) is 14.6. The average molecular weight is 586 g/mol.